The number of nitrogens with zero attached hydrogens (tertiary/aromatic N) is 2. The Morgan fingerprint density at radius 1 is 1.06 bits per heavy atom. The van der Waals surface area contributed by atoms with E-state index in [0.717, 1.165) is 12.1 Å². The van der Waals surface area contributed by atoms with E-state index in [-0.39, 0.29) is 0 Å². The lowest BCUT2D eigenvalue weighted by Gasteiger charge is -2.05. The van der Waals surface area contributed by atoms with Gasteiger partial charge in [-0.1, -0.05) is 5.92 Å². The van der Waals surface area contributed by atoms with E-state index >= 15 is 0 Å². The predicted octanol–water partition coefficient (Wildman–Crippen LogP) is 2.84. The molecule has 0 aliphatic carbocycles. The predicted molar refractivity (Wildman–Crippen MR) is 60.6 cm³/mol. The average Bonchev–Trinajstić information content (AvgIpc) is 2.72. The molecule has 92 valence electrons. The first-order chi connectivity index (χ1) is 8.47. The highest BCUT2D eigenvalue weighted by Crippen LogP contribution is 2.28. The third-order valence-corrected chi connectivity index (χ3v) is 2.37. The van der Waals surface area contributed by atoms with Crippen LogP contribution in [-0.4, -0.2) is 9.78 Å². The highest BCUT2D eigenvalue weighted by Gasteiger charge is 2.29. The van der Waals surface area contributed by atoms with Gasteiger partial charge < -0.3 is 0 Å². The quantitative estimate of drug-likeness (QED) is 0.657. The first-order valence-corrected chi connectivity index (χ1v) is 5.14. The molecule has 0 aliphatic heterocycles. The molecule has 5 heteroatoms. The van der Waals surface area contributed by atoms with Crippen molar-refractivity contribution in [3.63, 3.8) is 0 Å². The van der Waals surface area contributed by atoms with Crippen LogP contribution in [0.4, 0.5) is 13.2 Å². The van der Waals surface area contributed by atoms with Gasteiger partial charge in [-0.05, 0) is 36.3 Å². The fourth-order valence-corrected chi connectivity index (χ4v) is 1.38. The summed E-state index contributed by atoms with van der Waals surface area (Å²) in [6, 6.07) is 6.48. The molecule has 0 bridgehead atoms. The Balaban J connectivity index is 2.22. The average molecular weight is 250 g/mol. The smallest absolute Gasteiger partial charge is 0.260 e. The van der Waals surface area contributed by atoms with Crippen molar-refractivity contribution >= 4 is 0 Å². The summed E-state index contributed by atoms with van der Waals surface area (Å²) < 4.78 is 38.6. The summed E-state index contributed by atoms with van der Waals surface area (Å²) in [7, 11) is 1.75. The van der Waals surface area contributed by atoms with Gasteiger partial charge in [-0.2, -0.15) is 18.3 Å². The number of aromatic nitrogens is 2. The van der Waals surface area contributed by atoms with E-state index in [1.807, 2.05) is 0 Å². The van der Waals surface area contributed by atoms with E-state index in [1.54, 1.807) is 24.0 Å². The maximum absolute atomic E-state index is 12.3. The number of benzene rings is 1. The van der Waals surface area contributed by atoms with Crippen LogP contribution in [0.2, 0.25) is 0 Å². The second-order valence-corrected chi connectivity index (χ2v) is 3.67. The molecule has 1 aromatic carbocycles. The summed E-state index contributed by atoms with van der Waals surface area (Å²) in [6.45, 7) is 0. The Kier molecular flexibility index (Phi) is 3.11. The van der Waals surface area contributed by atoms with Crippen LogP contribution < -0.4 is 0 Å². The monoisotopic (exact) mass is 250 g/mol. The van der Waals surface area contributed by atoms with Crippen molar-refractivity contribution in [1.82, 2.24) is 9.78 Å². The maximum atomic E-state index is 12.3. The molecule has 0 N–H and O–H groups in total. The largest absolute Gasteiger partial charge is 0.416 e. The number of aryl methyl sites for hydroxylation is 1. The van der Waals surface area contributed by atoms with Crippen LogP contribution in [0, 0.1) is 11.8 Å². The van der Waals surface area contributed by atoms with Crippen LogP contribution in [0.15, 0.2) is 36.5 Å². The zero-order valence-corrected chi connectivity index (χ0v) is 9.49. The summed E-state index contributed by atoms with van der Waals surface area (Å²) in [4.78, 5) is 0. The molecule has 1 heterocycles. The molecular formula is C13H9F3N2. The van der Waals surface area contributed by atoms with Gasteiger partial charge in [0.2, 0.25) is 0 Å². The standard InChI is InChI=1S/C13H9F3N2/c1-18-12(8-9-17-18)7-4-10-2-5-11(6-3-10)13(14,15)16/h2-3,5-6,8-9H,1H3. The maximum Gasteiger partial charge on any atom is 0.416 e. The Bertz CT molecular complexity index is 598. The topological polar surface area (TPSA) is 17.8 Å². The van der Waals surface area contributed by atoms with Crippen molar-refractivity contribution in [2.75, 3.05) is 0 Å². The first kappa shape index (κ1) is 12.2. The molecule has 0 spiro atoms. The zero-order chi connectivity index (χ0) is 13.2. The lowest BCUT2D eigenvalue weighted by atomic mass is 10.1. The number of rotatable bonds is 0. The van der Waals surface area contributed by atoms with Crippen LogP contribution in [0.1, 0.15) is 16.8 Å². The number of hydrogen-bond donors (Lipinski definition) is 0. The van der Waals surface area contributed by atoms with Crippen LogP contribution in [0.5, 0.6) is 0 Å². The van der Waals surface area contributed by atoms with Gasteiger partial charge >= 0.3 is 6.18 Å². The number of halogens is 3. The highest BCUT2D eigenvalue weighted by atomic mass is 19.4. The fraction of sp³-hybridized carbons (Fsp3) is 0.154. The van der Waals surface area contributed by atoms with E-state index in [4.69, 9.17) is 0 Å². The van der Waals surface area contributed by atoms with Crippen LogP contribution in [0.3, 0.4) is 0 Å². The Hall–Kier alpha value is -2.22. The van der Waals surface area contributed by atoms with Crippen LogP contribution >= 0.6 is 0 Å². The summed E-state index contributed by atoms with van der Waals surface area (Å²) in [5.74, 6) is 5.62. The lowest BCUT2D eigenvalue weighted by molar-refractivity contribution is -0.137. The molecule has 0 amide bonds. The van der Waals surface area contributed by atoms with E-state index in [1.165, 1.54) is 12.1 Å². The van der Waals surface area contributed by atoms with Gasteiger partial charge in [-0.25, -0.2) is 0 Å². The summed E-state index contributed by atoms with van der Waals surface area (Å²) >= 11 is 0. The summed E-state index contributed by atoms with van der Waals surface area (Å²) in [5.41, 5.74) is 0.563. The van der Waals surface area contributed by atoms with Crippen LogP contribution in [-0.2, 0) is 13.2 Å². The molecule has 0 aliphatic rings. The molecule has 0 fully saturated rings. The van der Waals surface area contributed by atoms with Gasteiger partial charge in [-0.3, -0.25) is 4.68 Å². The fourth-order valence-electron chi connectivity index (χ4n) is 1.38. The van der Waals surface area contributed by atoms with Crippen molar-refractivity contribution in [2.24, 2.45) is 7.05 Å². The number of hydrogen-bond acceptors (Lipinski definition) is 1. The van der Waals surface area contributed by atoms with E-state index in [2.05, 4.69) is 16.9 Å². The van der Waals surface area contributed by atoms with Gasteiger partial charge in [0.25, 0.3) is 0 Å². The molecule has 0 unspecified atom stereocenters. The zero-order valence-electron chi connectivity index (χ0n) is 9.49. The molecule has 0 saturated heterocycles. The Morgan fingerprint density at radius 3 is 2.22 bits per heavy atom. The minimum absolute atomic E-state index is 0.532. The molecule has 2 aromatic rings. The minimum atomic E-state index is -4.31. The summed E-state index contributed by atoms with van der Waals surface area (Å²) in [6.07, 6.45) is -2.70. The Labute approximate surface area is 102 Å². The van der Waals surface area contributed by atoms with E-state index < -0.39 is 11.7 Å². The molecule has 2 nitrogen and oxygen atoms in total. The van der Waals surface area contributed by atoms with Crippen molar-refractivity contribution in [3.05, 3.63) is 53.3 Å². The first-order valence-electron chi connectivity index (χ1n) is 5.14. The molecule has 0 atom stereocenters. The highest BCUT2D eigenvalue weighted by molar-refractivity contribution is 5.41. The molecule has 1 aromatic heterocycles. The normalized spacial score (nSPS) is 10.9. The van der Waals surface area contributed by atoms with E-state index in [0.29, 0.717) is 11.3 Å². The third kappa shape index (κ3) is 2.72. The molecule has 0 radical (unpaired) electrons. The van der Waals surface area contributed by atoms with Crippen molar-refractivity contribution < 1.29 is 13.2 Å². The summed E-state index contributed by atoms with van der Waals surface area (Å²) in [5, 5.41) is 3.94. The lowest BCUT2D eigenvalue weighted by Crippen LogP contribution is -2.04. The van der Waals surface area contributed by atoms with Crippen molar-refractivity contribution in [2.45, 2.75) is 6.18 Å². The van der Waals surface area contributed by atoms with Crippen molar-refractivity contribution in [1.29, 1.82) is 0 Å². The molecule has 2 rings (SSSR count). The van der Waals surface area contributed by atoms with E-state index in [9.17, 15) is 13.2 Å². The van der Waals surface area contributed by atoms with Gasteiger partial charge in [0, 0.05) is 12.6 Å². The number of alkyl halides is 3. The van der Waals surface area contributed by atoms with Crippen molar-refractivity contribution in [3.8, 4) is 11.8 Å². The van der Waals surface area contributed by atoms with Gasteiger partial charge in [0.1, 0.15) is 5.69 Å². The molecular weight excluding hydrogens is 241 g/mol. The van der Waals surface area contributed by atoms with Gasteiger partial charge in [0.05, 0.1) is 11.8 Å². The third-order valence-electron chi connectivity index (χ3n) is 2.37. The van der Waals surface area contributed by atoms with Gasteiger partial charge in [0.15, 0.2) is 0 Å². The SMILES string of the molecule is Cn1nccc1C#Cc1ccc(C(F)(F)F)cc1. The van der Waals surface area contributed by atoms with Crippen LogP contribution in [0.25, 0.3) is 0 Å². The second kappa shape index (κ2) is 4.57. The minimum Gasteiger partial charge on any atom is -0.260 e. The molecule has 0 saturated carbocycles. The van der Waals surface area contributed by atoms with Gasteiger partial charge in [-0.15, -0.1) is 0 Å². The second-order valence-electron chi connectivity index (χ2n) is 3.67. The Morgan fingerprint density at radius 2 is 1.72 bits per heavy atom. The molecule has 18 heavy (non-hydrogen) atoms.